The smallest absolute Gasteiger partial charge is 0.227 e. The molecule has 4 atom stereocenters. The van der Waals surface area contributed by atoms with Gasteiger partial charge in [0.15, 0.2) is 0 Å². The van der Waals surface area contributed by atoms with Crippen molar-refractivity contribution in [1.82, 2.24) is 9.80 Å². The molecular weight excluding hydrogens is 309 g/mol. The Balaban J connectivity index is 0.00000110. The average molecular weight is 338 g/mol. The fraction of sp³-hybridized carbons (Fsp3) is 0.933. The zero-order chi connectivity index (χ0) is 13.6. The van der Waals surface area contributed by atoms with E-state index in [4.69, 9.17) is 5.73 Å². The number of hydrogen-bond donors (Lipinski definition) is 1. The molecule has 2 aliphatic carbocycles. The number of piperidine rings is 1. The zero-order valence-electron chi connectivity index (χ0n) is 13.0. The lowest BCUT2D eigenvalue weighted by Crippen LogP contribution is -2.51. The number of carbonyl (C=O) groups excluding carboxylic acids is 1. The van der Waals surface area contributed by atoms with E-state index in [0.717, 1.165) is 25.9 Å². The molecule has 1 amide bonds. The van der Waals surface area contributed by atoms with Gasteiger partial charge in [-0.1, -0.05) is 0 Å². The number of nitrogens with zero attached hydrogens (tertiary/aromatic N) is 2. The third kappa shape index (κ3) is 3.49. The number of hydrogen-bond acceptors (Lipinski definition) is 3. The van der Waals surface area contributed by atoms with Crippen LogP contribution in [0.3, 0.4) is 0 Å². The summed E-state index contributed by atoms with van der Waals surface area (Å²) in [5.41, 5.74) is 6.29. The van der Waals surface area contributed by atoms with Crippen LogP contribution in [0.1, 0.15) is 32.1 Å². The van der Waals surface area contributed by atoms with Crippen LogP contribution in [0.2, 0.25) is 0 Å². The number of carbonyl (C=O) groups is 1. The van der Waals surface area contributed by atoms with E-state index in [9.17, 15) is 4.79 Å². The van der Waals surface area contributed by atoms with Crippen LogP contribution in [0.15, 0.2) is 0 Å². The van der Waals surface area contributed by atoms with E-state index in [1.165, 1.54) is 19.3 Å². The molecule has 3 aliphatic rings. The van der Waals surface area contributed by atoms with Crippen molar-refractivity contribution in [1.29, 1.82) is 0 Å². The van der Waals surface area contributed by atoms with Gasteiger partial charge in [0.05, 0.1) is 5.92 Å². The third-order valence-electron chi connectivity index (χ3n) is 5.77. The minimum absolute atomic E-state index is 0. The Morgan fingerprint density at radius 1 is 1.05 bits per heavy atom. The minimum Gasteiger partial charge on any atom is -0.342 e. The number of likely N-dealkylation sites (tertiary alicyclic amines) is 1. The van der Waals surface area contributed by atoms with E-state index in [0.29, 0.717) is 23.8 Å². The largest absolute Gasteiger partial charge is 0.342 e. The van der Waals surface area contributed by atoms with Gasteiger partial charge in [0.2, 0.25) is 5.91 Å². The molecule has 0 aromatic heterocycles. The molecule has 1 aliphatic heterocycles. The first-order valence-corrected chi connectivity index (χ1v) is 7.78. The summed E-state index contributed by atoms with van der Waals surface area (Å²) in [4.78, 5) is 17.1. The normalized spacial score (nSPS) is 35.5. The van der Waals surface area contributed by atoms with E-state index < -0.39 is 0 Å². The van der Waals surface area contributed by atoms with Crippen LogP contribution in [0, 0.1) is 17.8 Å². The van der Waals surface area contributed by atoms with Crippen LogP contribution in [0.4, 0.5) is 0 Å². The van der Waals surface area contributed by atoms with Gasteiger partial charge in [-0.3, -0.25) is 4.79 Å². The van der Waals surface area contributed by atoms with Gasteiger partial charge in [0.25, 0.3) is 0 Å². The predicted octanol–water partition coefficient (Wildman–Crippen LogP) is 1.76. The highest BCUT2D eigenvalue weighted by molar-refractivity contribution is 5.85. The summed E-state index contributed by atoms with van der Waals surface area (Å²) in [5.74, 6) is 1.70. The number of nitrogens with two attached hydrogens (primary N) is 1. The maximum absolute atomic E-state index is 12.7. The van der Waals surface area contributed by atoms with Gasteiger partial charge in [-0.05, 0) is 58.0 Å². The predicted molar refractivity (Wildman–Crippen MR) is 90.1 cm³/mol. The number of amides is 1. The molecule has 0 aromatic carbocycles. The lowest BCUT2D eigenvalue weighted by molar-refractivity contribution is -0.139. The van der Waals surface area contributed by atoms with Gasteiger partial charge < -0.3 is 15.5 Å². The molecule has 6 heteroatoms. The van der Waals surface area contributed by atoms with Crippen molar-refractivity contribution in [3.8, 4) is 0 Å². The molecule has 1 heterocycles. The van der Waals surface area contributed by atoms with Gasteiger partial charge >= 0.3 is 0 Å². The molecule has 0 aromatic rings. The zero-order valence-corrected chi connectivity index (χ0v) is 14.7. The molecule has 21 heavy (non-hydrogen) atoms. The lowest BCUT2D eigenvalue weighted by atomic mass is 9.83. The molecule has 0 radical (unpaired) electrons. The van der Waals surface area contributed by atoms with Crippen molar-refractivity contribution >= 4 is 30.7 Å². The minimum atomic E-state index is 0. The maximum Gasteiger partial charge on any atom is 0.227 e. The fourth-order valence-electron chi connectivity index (χ4n) is 4.52. The second kappa shape index (κ2) is 7.49. The topological polar surface area (TPSA) is 49.6 Å². The van der Waals surface area contributed by atoms with Crippen molar-refractivity contribution in [2.24, 2.45) is 23.5 Å². The van der Waals surface area contributed by atoms with Crippen LogP contribution < -0.4 is 5.73 Å². The molecule has 0 spiro atoms. The Morgan fingerprint density at radius 2 is 1.62 bits per heavy atom. The quantitative estimate of drug-likeness (QED) is 0.835. The van der Waals surface area contributed by atoms with Crippen molar-refractivity contribution in [2.75, 3.05) is 27.2 Å². The molecule has 2 saturated carbocycles. The van der Waals surface area contributed by atoms with Crippen molar-refractivity contribution in [3.63, 3.8) is 0 Å². The van der Waals surface area contributed by atoms with E-state index in [-0.39, 0.29) is 36.8 Å². The van der Waals surface area contributed by atoms with Crippen LogP contribution in [0.25, 0.3) is 0 Å². The van der Waals surface area contributed by atoms with Crippen LogP contribution in [-0.2, 0) is 4.79 Å². The summed E-state index contributed by atoms with van der Waals surface area (Å²) in [6.07, 6.45) is 5.89. The average Bonchev–Trinajstić information content (AvgIpc) is 2.99. The van der Waals surface area contributed by atoms with E-state index in [2.05, 4.69) is 23.9 Å². The Labute approximate surface area is 140 Å². The monoisotopic (exact) mass is 337 g/mol. The SMILES string of the molecule is CN(C)C1CCN(C(=O)C2C3CCC(C3)C2N)CC1.Cl.Cl. The number of halogens is 2. The number of fused-ring (bicyclic) bond motifs is 2. The molecule has 2 N–H and O–H groups in total. The first-order valence-electron chi connectivity index (χ1n) is 7.78. The Bertz CT molecular complexity index is 357. The van der Waals surface area contributed by atoms with Gasteiger partial charge in [-0.25, -0.2) is 0 Å². The van der Waals surface area contributed by atoms with Gasteiger partial charge in [0, 0.05) is 25.2 Å². The van der Waals surface area contributed by atoms with Crippen LogP contribution >= 0.6 is 24.8 Å². The van der Waals surface area contributed by atoms with Crippen molar-refractivity contribution in [3.05, 3.63) is 0 Å². The summed E-state index contributed by atoms with van der Waals surface area (Å²) in [5, 5.41) is 0. The van der Waals surface area contributed by atoms with Crippen LogP contribution in [0.5, 0.6) is 0 Å². The number of rotatable bonds is 2. The van der Waals surface area contributed by atoms with E-state index >= 15 is 0 Å². The van der Waals surface area contributed by atoms with E-state index in [1.807, 2.05) is 0 Å². The Kier molecular flexibility index (Phi) is 6.79. The van der Waals surface area contributed by atoms with Crippen LogP contribution in [-0.4, -0.2) is 55.0 Å². The van der Waals surface area contributed by atoms with Crippen molar-refractivity contribution in [2.45, 2.75) is 44.2 Å². The molecule has 3 rings (SSSR count). The van der Waals surface area contributed by atoms with Crippen molar-refractivity contribution < 1.29 is 4.79 Å². The molecule has 2 bridgehead atoms. The highest BCUT2D eigenvalue weighted by atomic mass is 35.5. The molecule has 4 nitrogen and oxygen atoms in total. The molecule has 4 unspecified atom stereocenters. The summed E-state index contributed by atoms with van der Waals surface area (Å²) in [6.45, 7) is 1.84. The van der Waals surface area contributed by atoms with Gasteiger partial charge in [0.1, 0.15) is 0 Å². The summed E-state index contributed by atoms with van der Waals surface area (Å²) >= 11 is 0. The van der Waals surface area contributed by atoms with Gasteiger partial charge in [-0.2, -0.15) is 0 Å². The maximum atomic E-state index is 12.7. The first-order chi connectivity index (χ1) is 9.08. The lowest BCUT2D eigenvalue weighted by Gasteiger charge is -2.38. The molecule has 3 fully saturated rings. The highest BCUT2D eigenvalue weighted by Crippen LogP contribution is 2.48. The molecular formula is C15H29Cl2N3O. The fourth-order valence-corrected chi connectivity index (χ4v) is 4.52. The Morgan fingerprint density at radius 3 is 2.10 bits per heavy atom. The second-order valence-corrected chi connectivity index (χ2v) is 6.96. The standard InChI is InChI=1S/C15H27N3O.2ClH/c1-17(2)12-5-7-18(8-6-12)15(19)13-10-3-4-11(9-10)14(13)16;;/h10-14H,3-9,16H2,1-2H3;2*1H. The molecule has 1 saturated heterocycles. The third-order valence-corrected chi connectivity index (χ3v) is 5.77. The summed E-state index contributed by atoms with van der Waals surface area (Å²) in [6, 6.07) is 0.774. The summed E-state index contributed by atoms with van der Waals surface area (Å²) < 4.78 is 0. The highest BCUT2D eigenvalue weighted by Gasteiger charge is 2.50. The summed E-state index contributed by atoms with van der Waals surface area (Å²) in [7, 11) is 4.27. The van der Waals surface area contributed by atoms with E-state index in [1.54, 1.807) is 0 Å². The molecule has 124 valence electrons. The first kappa shape index (κ1) is 19.0. The second-order valence-electron chi connectivity index (χ2n) is 6.96. The van der Waals surface area contributed by atoms with Gasteiger partial charge in [-0.15, -0.1) is 24.8 Å². The Hall–Kier alpha value is -0.0300.